The average Bonchev–Trinajstić information content (AvgIpc) is 2.39. The molecule has 1 atom stereocenters. The second kappa shape index (κ2) is 5.48. The number of pyridine rings is 1. The summed E-state index contributed by atoms with van der Waals surface area (Å²) in [4.78, 5) is 29.2. The third-order valence-corrected chi connectivity index (χ3v) is 3.51. The van der Waals surface area contributed by atoms with Gasteiger partial charge in [-0.15, -0.1) is 0 Å². The first-order valence-corrected chi connectivity index (χ1v) is 6.61. The monoisotopic (exact) mass is 311 g/mol. The van der Waals surface area contributed by atoms with E-state index in [9.17, 15) is 9.59 Å². The summed E-state index contributed by atoms with van der Waals surface area (Å²) < 4.78 is 0.809. The molecule has 2 amide bonds. The lowest BCUT2D eigenvalue weighted by atomic mass is 10.0. The molecule has 0 radical (unpaired) electrons. The SMILES string of the molecule is NC(=O)C1CCCCN1C(=O)c1ccc(Br)cn1. The number of carbonyl (C=O) groups excluding carboxylic acids is 2. The van der Waals surface area contributed by atoms with Gasteiger partial charge in [-0.3, -0.25) is 9.59 Å². The third-order valence-electron chi connectivity index (χ3n) is 3.04. The molecule has 1 aliphatic rings. The summed E-state index contributed by atoms with van der Waals surface area (Å²) in [5, 5.41) is 0. The summed E-state index contributed by atoms with van der Waals surface area (Å²) in [6, 6.07) is 2.89. The molecule has 0 bridgehead atoms. The lowest BCUT2D eigenvalue weighted by Gasteiger charge is -2.33. The fraction of sp³-hybridized carbons (Fsp3) is 0.417. The van der Waals surface area contributed by atoms with E-state index in [1.165, 1.54) is 4.90 Å². The fourth-order valence-electron chi connectivity index (χ4n) is 2.12. The number of halogens is 1. The van der Waals surface area contributed by atoms with E-state index < -0.39 is 11.9 Å². The van der Waals surface area contributed by atoms with E-state index in [4.69, 9.17) is 5.73 Å². The van der Waals surface area contributed by atoms with Gasteiger partial charge in [-0.25, -0.2) is 4.98 Å². The summed E-state index contributed by atoms with van der Waals surface area (Å²) in [6.45, 7) is 0.560. The number of carbonyl (C=O) groups is 2. The van der Waals surface area contributed by atoms with Crippen molar-refractivity contribution in [3.05, 3.63) is 28.5 Å². The first-order chi connectivity index (χ1) is 8.59. The van der Waals surface area contributed by atoms with Crippen molar-refractivity contribution >= 4 is 27.7 Å². The van der Waals surface area contributed by atoms with Crippen LogP contribution in [0.1, 0.15) is 29.8 Å². The zero-order chi connectivity index (χ0) is 13.1. The number of nitrogens with two attached hydrogens (primary N) is 1. The van der Waals surface area contributed by atoms with Gasteiger partial charge in [0.1, 0.15) is 11.7 Å². The van der Waals surface area contributed by atoms with Gasteiger partial charge < -0.3 is 10.6 Å². The molecule has 0 aromatic carbocycles. The molecule has 2 rings (SSSR count). The second-order valence-corrected chi connectivity index (χ2v) is 5.19. The number of piperidine rings is 1. The number of amides is 2. The van der Waals surface area contributed by atoms with E-state index in [2.05, 4.69) is 20.9 Å². The zero-order valence-electron chi connectivity index (χ0n) is 9.80. The highest BCUT2D eigenvalue weighted by molar-refractivity contribution is 9.10. The Morgan fingerprint density at radius 3 is 2.78 bits per heavy atom. The van der Waals surface area contributed by atoms with Crippen LogP contribution in [0.15, 0.2) is 22.8 Å². The van der Waals surface area contributed by atoms with Gasteiger partial charge in [-0.1, -0.05) is 0 Å². The highest BCUT2D eigenvalue weighted by Gasteiger charge is 2.31. The summed E-state index contributed by atoms with van der Waals surface area (Å²) in [6.07, 6.45) is 4.02. The Labute approximate surface area is 113 Å². The maximum atomic E-state index is 12.3. The molecular formula is C12H14BrN3O2. The van der Waals surface area contributed by atoms with E-state index in [0.717, 1.165) is 17.3 Å². The number of hydrogen-bond donors (Lipinski definition) is 1. The van der Waals surface area contributed by atoms with Gasteiger partial charge in [0.05, 0.1) is 0 Å². The molecule has 2 heterocycles. The number of rotatable bonds is 2. The van der Waals surface area contributed by atoms with Gasteiger partial charge in [0.2, 0.25) is 5.91 Å². The Kier molecular flexibility index (Phi) is 3.96. The van der Waals surface area contributed by atoms with Gasteiger partial charge in [-0.05, 0) is 47.3 Å². The van der Waals surface area contributed by atoms with Crippen molar-refractivity contribution < 1.29 is 9.59 Å². The Bertz CT molecular complexity index is 461. The number of nitrogens with zero attached hydrogens (tertiary/aromatic N) is 2. The number of likely N-dealkylation sites (tertiary alicyclic amines) is 1. The van der Waals surface area contributed by atoms with Crippen LogP contribution in [0.5, 0.6) is 0 Å². The highest BCUT2D eigenvalue weighted by Crippen LogP contribution is 2.19. The van der Waals surface area contributed by atoms with Gasteiger partial charge in [-0.2, -0.15) is 0 Å². The molecule has 18 heavy (non-hydrogen) atoms. The topological polar surface area (TPSA) is 76.3 Å². The first kappa shape index (κ1) is 13.0. The quantitative estimate of drug-likeness (QED) is 0.895. The van der Waals surface area contributed by atoms with Gasteiger partial charge in [0, 0.05) is 17.2 Å². The third kappa shape index (κ3) is 2.69. The average molecular weight is 312 g/mol. The Hall–Kier alpha value is -1.43. The van der Waals surface area contributed by atoms with Crippen molar-refractivity contribution in [2.24, 2.45) is 5.73 Å². The van der Waals surface area contributed by atoms with Crippen LogP contribution in [0.25, 0.3) is 0 Å². The minimum absolute atomic E-state index is 0.231. The van der Waals surface area contributed by atoms with Crippen molar-refractivity contribution in [1.29, 1.82) is 0 Å². The molecule has 0 saturated carbocycles. The van der Waals surface area contributed by atoms with E-state index in [0.29, 0.717) is 18.7 Å². The maximum Gasteiger partial charge on any atom is 0.273 e. The highest BCUT2D eigenvalue weighted by atomic mass is 79.9. The minimum Gasteiger partial charge on any atom is -0.368 e. The lowest BCUT2D eigenvalue weighted by molar-refractivity contribution is -0.123. The van der Waals surface area contributed by atoms with Crippen LogP contribution in [0.2, 0.25) is 0 Å². The van der Waals surface area contributed by atoms with E-state index >= 15 is 0 Å². The van der Waals surface area contributed by atoms with E-state index in [-0.39, 0.29) is 5.91 Å². The van der Waals surface area contributed by atoms with Gasteiger partial charge >= 0.3 is 0 Å². The summed E-state index contributed by atoms with van der Waals surface area (Å²) in [7, 11) is 0. The minimum atomic E-state index is -0.503. The standard InChI is InChI=1S/C12H14BrN3O2/c13-8-4-5-9(15-7-8)12(18)16-6-2-1-3-10(16)11(14)17/h4-5,7,10H,1-3,6H2,(H2,14,17). The van der Waals surface area contributed by atoms with Crippen molar-refractivity contribution in [2.75, 3.05) is 6.54 Å². The molecule has 1 aromatic heterocycles. The summed E-state index contributed by atoms with van der Waals surface area (Å²) >= 11 is 3.26. The lowest BCUT2D eigenvalue weighted by Crippen LogP contribution is -2.50. The summed E-state index contributed by atoms with van der Waals surface area (Å²) in [5.41, 5.74) is 5.68. The van der Waals surface area contributed by atoms with Crippen LogP contribution >= 0.6 is 15.9 Å². The predicted octanol–water partition coefficient (Wildman–Crippen LogP) is 1.32. The Balaban J connectivity index is 2.20. The van der Waals surface area contributed by atoms with Crippen LogP contribution in [0, 0.1) is 0 Å². The molecule has 6 heteroatoms. The number of primary amides is 1. The molecular weight excluding hydrogens is 298 g/mol. The van der Waals surface area contributed by atoms with Crippen LogP contribution in [0.3, 0.4) is 0 Å². The fourth-order valence-corrected chi connectivity index (χ4v) is 2.35. The molecule has 0 spiro atoms. The Morgan fingerprint density at radius 2 is 2.17 bits per heavy atom. The van der Waals surface area contributed by atoms with Crippen LogP contribution in [-0.2, 0) is 4.79 Å². The van der Waals surface area contributed by atoms with Crippen molar-refractivity contribution in [3.8, 4) is 0 Å². The van der Waals surface area contributed by atoms with E-state index in [1.807, 2.05) is 0 Å². The molecule has 1 unspecified atom stereocenters. The van der Waals surface area contributed by atoms with Crippen molar-refractivity contribution in [2.45, 2.75) is 25.3 Å². The van der Waals surface area contributed by atoms with Gasteiger partial charge in [0.25, 0.3) is 5.91 Å². The van der Waals surface area contributed by atoms with Crippen LogP contribution < -0.4 is 5.73 Å². The molecule has 1 aromatic rings. The second-order valence-electron chi connectivity index (χ2n) is 4.27. The molecule has 2 N–H and O–H groups in total. The molecule has 96 valence electrons. The van der Waals surface area contributed by atoms with Crippen molar-refractivity contribution in [1.82, 2.24) is 9.88 Å². The molecule has 1 saturated heterocycles. The number of aromatic nitrogens is 1. The number of hydrogen-bond acceptors (Lipinski definition) is 3. The zero-order valence-corrected chi connectivity index (χ0v) is 11.4. The normalized spacial score (nSPS) is 19.6. The first-order valence-electron chi connectivity index (χ1n) is 5.81. The smallest absolute Gasteiger partial charge is 0.273 e. The largest absolute Gasteiger partial charge is 0.368 e. The molecule has 1 aliphatic heterocycles. The van der Waals surface area contributed by atoms with E-state index in [1.54, 1.807) is 18.3 Å². The summed E-state index contributed by atoms with van der Waals surface area (Å²) in [5.74, 6) is -0.675. The van der Waals surface area contributed by atoms with Crippen molar-refractivity contribution in [3.63, 3.8) is 0 Å². The Morgan fingerprint density at radius 1 is 1.39 bits per heavy atom. The molecule has 1 fully saturated rings. The molecule has 0 aliphatic carbocycles. The van der Waals surface area contributed by atoms with Crippen LogP contribution in [-0.4, -0.2) is 34.3 Å². The van der Waals surface area contributed by atoms with Crippen LogP contribution in [0.4, 0.5) is 0 Å². The predicted molar refractivity (Wildman–Crippen MR) is 69.8 cm³/mol. The van der Waals surface area contributed by atoms with Gasteiger partial charge in [0.15, 0.2) is 0 Å². The maximum absolute atomic E-state index is 12.3. The molecule has 5 nitrogen and oxygen atoms in total.